The van der Waals surface area contributed by atoms with E-state index in [-0.39, 0.29) is 0 Å². The van der Waals surface area contributed by atoms with Crippen LogP contribution in [0.1, 0.15) is 24.8 Å². The summed E-state index contributed by atoms with van der Waals surface area (Å²) in [5, 5.41) is 4.33. The summed E-state index contributed by atoms with van der Waals surface area (Å²) in [4.78, 5) is 0. The van der Waals surface area contributed by atoms with Crippen molar-refractivity contribution < 1.29 is 4.74 Å². The summed E-state index contributed by atoms with van der Waals surface area (Å²) < 4.78 is 6.88. The molecular formula is C14H17BrClNO. The summed E-state index contributed by atoms with van der Waals surface area (Å²) >= 11 is 9.61. The van der Waals surface area contributed by atoms with Crippen molar-refractivity contribution in [1.82, 2.24) is 5.32 Å². The van der Waals surface area contributed by atoms with Crippen LogP contribution in [0.3, 0.4) is 0 Å². The quantitative estimate of drug-likeness (QED) is 0.907. The zero-order valence-electron chi connectivity index (χ0n) is 10.2. The highest BCUT2D eigenvalue weighted by Gasteiger charge is 2.40. The fourth-order valence-corrected chi connectivity index (χ4v) is 3.76. The first-order valence-corrected chi connectivity index (χ1v) is 7.69. The van der Waals surface area contributed by atoms with Gasteiger partial charge in [0.2, 0.25) is 0 Å². The molecule has 0 aromatic heterocycles. The lowest BCUT2D eigenvalue weighted by atomic mass is 9.89. The Morgan fingerprint density at radius 2 is 2.28 bits per heavy atom. The third-order valence-electron chi connectivity index (χ3n) is 3.97. The van der Waals surface area contributed by atoms with Gasteiger partial charge in [0.1, 0.15) is 0 Å². The van der Waals surface area contributed by atoms with E-state index in [0.717, 1.165) is 28.1 Å². The van der Waals surface area contributed by atoms with Crippen LogP contribution in [0.5, 0.6) is 0 Å². The predicted molar refractivity (Wildman–Crippen MR) is 76.9 cm³/mol. The zero-order chi connectivity index (χ0) is 12.5. The van der Waals surface area contributed by atoms with Crippen LogP contribution in [0.25, 0.3) is 0 Å². The van der Waals surface area contributed by atoms with Crippen molar-refractivity contribution in [2.75, 3.05) is 6.54 Å². The third kappa shape index (κ3) is 2.74. The molecular weight excluding hydrogens is 314 g/mol. The number of nitrogens with one attached hydrogen (secondary N) is 1. The molecule has 18 heavy (non-hydrogen) atoms. The molecule has 2 fully saturated rings. The predicted octanol–water partition coefficient (Wildman–Crippen LogP) is 3.76. The van der Waals surface area contributed by atoms with Crippen molar-refractivity contribution in [2.24, 2.45) is 5.92 Å². The molecule has 0 radical (unpaired) electrons. The minimum Gasteiger partial charge on any atom is -0.375 e. The molecule has 0 amide bonds. The molecule has 2 nitrogen and oxygen atoms in total. The Balaban J connectivity index is 1.50. The number of hydrogen-bond acceptors (Lipinski definition) is 2. The Labute approximate surface area is 121 Å². The van der Waals surface area contributed by atoms with Crippen LogP contribution in [0, 0.1) is 5.92 Å². The van der Waals surface area contributed by atoms with E-state index in [1.54, 1.807) is 0 Å². The van der Waals surface area contributed by atoms with Gasteiger partial charge in [-0.1, -0.05) is 33.6 Å². The third-order valence-corrected chi connectivity index (χ3v) is 4.81. The van der Waals surface area contributed by atoms with Gasteiger partial charge in [0, 0.05) is 28.5 Å². The van der Waals surface area contributed by atoms with Gasteiger partial charge >= 0.3 is 0 Å². The number of halogens is 2. The lowest BCUT2D eigenvalue weighted by Crippen LogP contribution is -2.29. The molecule has 2 aliphatic rings. The lowest BCUT2D eigenvalue weighted by Gasteiger charge is -2.19. The van der Waals surface area contributed by atoms with E-state index < -0.39 is 0 Å². The zero-order valence-corrected chi connectivity index (χ0v) is 12.5. The van der Waals surface area contributed by atoms with Crippen LogP contribution in [-0.2, 0) is 11.3 Å². The molecule has 3 atom stereocenters. The Kier molecular flexibility index (Phi) is 3.94. The molecule has 2 heterocycles. The molecule has 2 saturated heterocycles. The molecule has 2 bridgehead atoms. The average molecular weight is 331 g/mol. The molecule has 0 aliphatic carbocycles. The first-order chi connectivity index (χ1) is 8.72. The maximum atomic E-state index is 6.19. The summed E-state index contributed by atoms with van der Waals surface area (Å²) in [6.45, 7) is 1.87. The second kappa shape index (κ2) is 5.49. The monoisotopic (exact) mass is 329 g/mol. The van der Waals surface area contributed by atoms with Gasteiger partial charge in [-0.05, 0) is 37.0 Å². The molecule has 0 saturated carbocycles. The van der Waals surface area contributed by atoms with Crippen molar-refractivity contribution in [2.45, 2.75) is 38.0 Å². The average Bonchev–Trinajstić information content (AvgIpc) is 2.94. The second-order valence-electron chi connectivity index (χ2n) is 5.24. The maximum Gasteiger partial charge on any atom is 0.0621 e. The van der Waals surface area contributed by atoms with Crippen molar-refractivity contribution >= 4 is 27.5 Å². The van der Waals surface area contributed by atoms with Crippen LogP contribution in [0.4, 0.5) is 0 Å². The summed E-state index contributed by atoms with van der Waals surface area (Å²) in [5.74, 6) is 0.693. The Hall–Kier alpha value is -0.0900. The Bertz CT molecular complexity index is 440. The SMILES string of the molecule is Clc1cc(Br)ccc1CNCC1CC2CCC1O2. The van der Waals surface area contributed by atoms with Crippen LogP contribution in [0.2, 0.25) is 5.02 Å². The fourth-order valence-electron chi connectivity index (χ4n) is 3.02. The minimum absolute atomic E-state index is 0.503. The van der Waals surface area contributed by atoms with Crippen molar-refractivity contribution in [1.29, 1.82) is 0 Å². The second-order valence-corrected chi connectivity index (χ2v) is 6.56. The van der Waals surface area contributed by atoms with E-state index >= 15 is 0 Å². The topological polar surface area (TPSA) is 21.3 Å². The van der Waals surface area contributed by atoms with E-state index in [0.29, 0.717) is 18.1 Å². The molecule has 2 aliphatic heterocycles. The summed E-state index contributed by atoms with van der Waals surface area (Å²) in [6.07, 6.45) is 4.78. The van der Waals surface area contributed by atoms with Gasteiger partial charge in [-0.3, -0.25) is 0 Å². The van der Waals surface area contributed by atoms with Crippen molar-refractivity contribution in [3.8, 4) is 0 Å². The molecule has 1 N–H and O–H groups in total. The number of hydrogen-bond donors (Lipinski definition) is 1. The standard InChI is InChI=1S/C14H17BrClNO/c15-11-2-1-9(13(16)6-11)7-17-8-10-5-12-3-4-14(10)18-12/h1-2,6,10,12,14,17H,3-5,7-8H2. The largest absolute Gasteiger partial charge is 0.375 e. The lowest BCUT2D eigenvalue weighted by molar-refractivity contribution is 0.0924. The number of rotatable bonds is 4. The molecule has 3 unspecified atom stereocenters. The normalized spacial score (nSPS) is 30.0. The van der Waals surface area contributed by atoms with Crippen molar-refractivity contribution in [3.05, 3.63) is 33.3 Å². The van der Waals surface area contributed by atoms with Gasteiger partial charge in [-0.25, -0.2) is 0 Å². The van der Waals surface area contributed by atoms with Crippen LogP contribution in [-0.4, -0.2) is 18.8 Å². The van der Waals surface area contributed by atoms with Crippen molar-refractivity contribution in [3.63, 3.8) is 0 Å². The van der Waals surface area contributed by atoms with E-state index in [9.17, 15) is 0 Å². The number of benzene rings is 1. The van der Waals surface area contributed by atoms with E-state index in [1.165, 1.54) is 19.3 Å². The molecule has 0 spiro atoms. The van der Waals surface area contributed by atoms with Gasteiger partial charge in [-0.15, -0.1) is 0 Å². The number of fused-ring (bicyclic) bond motifs is 2. The highest BCUT2D eigenvalue weighted by atomic mass is 79.9. The van der Waals surface area contributed by atoms with Gasteiger partial charge in [-0.2, -0.15) is 0 Å². The van der Waals surface area contributed by atoms with Gasteiger partial charge in [0.25, 0.3) is 0 Å². The Morgan fingerprint density at radius 1 is 1.39 bits per heavy atom. The summed E-state index contributed by atoms with van der Waals surface area (Å²) in [7, 11) is 0. The Morgan fingerprint density at radius 3 is 2.94 bits per heavy atom. The fraction of sp³-hybridized carbons (Fsp3) is 0.571. The van der Waals surface area contributed by atoms with E-state index in [1.807, 2.05) is 12.1 Å². The summed E-state index contributed by atoms with van der Waals surface area (Å²) in [6, 6.07) is 6.04. The van der Waals surface area contributed by atoms with Gasteiger partial charge in [0.05, 0.1) is 12.2 Å². The first-order valence-electron chi connectivity index (χ1n) is 6.52. The molecule has 1 aromatic carbocycles. The van der Waals surface area contributed by atoms with Crippen LogP contribution >= 0.6 is 27.5 Å². The number of ether oxygens (including phenoxy) is 1. The summed E-state index contributed by atoms with van der Waals surface area (Å²) in [5.41, 5.74) is 1.16. The van der Waals surface area contributed by atoms with Crippen LogP contribution in [0.15, 0.2) is 22.7 Å². The maximum absolute atomic E-state index is 6.19. The molecule has 4 heteroatoms. The highest BCUT2D eigenvalue weighted by molar-refractivity contribution is 9.10. The molecule has 98 valence electrons. The molecule has 1 aromatic rings. The van der Waals surface area contributed by atoms with E-state index in [4.69, 9.17) is 16.3 Å². The highest BCUT2D eigenvalue weighted by Crippen LogP contribution is 2.38. The van der Waals surface area contributed by atoms with E-state index in [2.05, 4.69) is 27.3 Å². The minimum atomic E-state index is 0.503. The smallest absolute Gasteiger partial charge is 0.0621 e. The molecule has 3 rings (SSSR count). The van der Waals surface area contributed by atoms with Crippen LogP contribution < -0.4 is 5.32 Å². The van der Waals surface area contributed by atoms with Gasteiger partial charge < -0.3 is 10.1 Å². The first kappa shape index (κ1) is 12.9. The van der Waals surface area contributed by atoms with Gasteiger partial charge in [0.15, 0.2) is 0 Å².